The molecule has 62 heavy (non-hydrogen) atoms. The Balaban J connectivity index is 1.07. The number of anilines is 2. The van der Waals surface area contributed by atoms with Crippen molar-refractivity contribution in [2.45, 2.75) is 13.1 Å². The molecular formula is C46H80N8O8. The summed E-state index contributed by atoms with van der Waals surface area (Å²) >= 11 is 0. The molecule has 0 bridgehead atoms. The number of ether oxygens (including phenoxy) is 8. The second-order valence-electron chi connectivity index (χ2n) is 15.8. The smallest absolute Gasteiger partial charge is 0.0701 e. The van der Waals surface area contributed by atoms with Gasteiger partial charge < -0.3 is 69.0 Å². The molecule has 3 saturated heterocycles. The van der Waals surface area contributed by atoms with Crippen LogP contribution in [-0.2, 0) is 51.0 Å². The van der Waals surface area contributed by atoms with Crippen LogP contribution in [0.5, 0.6) is 0 Å². The van der Waals surface area contributed by atoms with Gasteiger partial charge in [-0.2, -0.15) is 0 Å². The Labute approximate surface area is 372 Å². The summed E-state index contributed by atoms with van der Waals surface area (Å²) < 4.78 is 46.7. The molecule has 5 rings (SSSR count). The molecule has 0 radical (unpaired) electrons. The third-order valence-electron chi connectivity index (χ3n) is 11.0. The third kappa shape index (κ3) is 22.9. The maximum atomic E-state index is 5.96. The van der Waals surface area contributed by atoms with E-state index in [4.69, 9.17) is 37.9 Å². The lowest BCUT2D eigenvalue weighted by atomic mass is 10.1. The van der Waals surface area contributed by atoms with Crippen molar-refractivity contribution in [2.75, 3.05) is 220 Å². The summed E-state index contributed by atoms with van der Waals surface area (Å²) in [5, 5.41) is 14.2. The molecule has 3 aliphatic heterocycles. The number of hydrogen-bond acceptors (Lipinski definition) is 16. The van der Waals surface area contributed by atoms with Crippen LogP contribution in [0.2, 0.25) is 0 Å². The van der Waals surface area contributed by atoms with Crippen molar-refractivity contribution in [3.63, 3.8) is 0 Å². The van der Waals surface area contributed by atoms with Gasteiger partial charge in [-0.1, -0.05) is 24.3 Å². The molecule has 0 atom stereocenters. The standard InChI is InChI=1S/C46H80N8O8/c1-3-43(39-45(5-1)53-19-27-59-35-31-55-23-11-49-12-24-56-32-36-60-28-20-53)41-51-15-7-47-9-17-52(18-10-48-8-16-51)42-44-4-2-6-46(40-44)54-21-29-61-37-33-57-25-13-50-14-26-58-34-38-62-30-22-54/h1-6,39-40,47-50H,7-38,41-42H2. The van der Waals surface area contributed by atoms with Crippen LogP contribution < -0.4 is 31.1 Å². The molecule has 352 valence electrons. The van der Waals surface area contributed by atoms with E-state index >= 15 is 0 Å². The van der Waals surface area contributed by atoms with Crippen molar-refractivity contribution in [1.82, 2.24) is 31.1 Å². The summed E-state index contributed by atoms with van der Waals surface area (Å²) in [5.41, 5.74) is 5.03. The molecule has 0 aromatic heterocycles. The first kappa shape index (κ1) is 50.5. The monoisotopic (exact) mass is 873 g/mol. The summed E-state index contributed by atoms with van der Waals surface area (Å²) in [6.07, 6.45) is 0. The summed E-state index contributed by atoms with van der Waals surface area (Å²) in [6.45, 7) is 26.0. The van der Waals surface area contributed by atoms with Crippen LogP contribution in [0.15, 0.2) is 48.5 Å². The molecule has 16 nitrogen and oxygen atoms in total. The van der Waals surface area contributed by atoms with Crippen LogP contribution >= 0.6 is 0 Å². The molecule has 2 aromatic rings. The number of rotatable bonds is 6. The topological polar surface area (TPSA) is 135 Å². The summed E-state index contributed by atoms with van der Waals surface area (Å²) in [4.78, 5) is 9.87. The van der Waals surface area contributed by atoms with Gasteiger partial charge in [0.15, 0.2) is 0 Å². The minimum absolute atomic E-state index is 0.593. The van der Waals surface area contributed by atoms with Crippen molar-refractivity contribution < 1.29 is 37.9 Å². The zero-order valence-electron chi connectivity index (χ0n) is 37.7. The van der Waals surface area contributed by atoms with Crippen LogP contribution in [0.3, 0.4) is 0 Å². The molecule has 0 spiro atoms. The van der Waals surface area contributed by atoms with Gasteiger partial charge in [0.05, 0.1) is 106 Å². The zero-order valence-corrected chi connectivity index (χ0v) is 37.7. The van der Waals surface area contributed by atoms with E-state index in [9.17, 15) is 0 Å². The lowest BCUT2D eigenvalue weighted by molar-refractivity contribution is 0.0409. The quantitative estimate of drug-likeness (QED) is 0.331. The molecule has 0 aliphatic carbocycles. The van der Waals surface area contributed by atoms with Crippen molar-refractivity contribution >= 4 is 11.4 Å². The summed E-state index contributed by atoms with van der Waals surface area (Å²) in [5.74, 6) is 0. The van der Waals surface area contributed by atoms with Crippen LogP contribution in [0.25, 0.3) is 0 Å². The number of nitrogens with one attached hydrogen (secondary N) is 4. The minimum Gasteiger partial charge on any atom is -0.378 e. The Bertz CT molecular complexity index is 1240. The average molecular weight is 873 g/mol. The Morgan fingerprint density at radius 3 is 0.935 bits per heavy atom. The minimum atomic E-state index is 0.593. The van der Waals surface area contributed by atoms with Gasteiger partial charge in [-0.15, -0.1) is 0 Å². The van der Waals surface area contributed by atoms with Crippen LogP contribution in [-0.4, -0.2) is 220 Å². The second-order valence-corrected chi connectivity index (χ2v) is 15.8. The fourth-order valence-electron chi connectivity index (χ4n) is 7.51. The largest absolute Gasteiger partial charge is 0.378 e. The molecular weight excluding hydrogens is 793 g/mol. The van der Waals surface area contributed by atoms with E-state index in [2.05, 4.69) is 89.4 Å². The molecule has 3 heterocycles. The highest BCUT2D eigenvalue weighted by molar-refractivity contribution is 5.49. The van der Waals surface area contributed by atoms with Gasteiger partial charge in [-0.05, 0) is 35.4 Å². The summed E-state index contributed by atoms with van der Waals surface area (Å²) in [6, 6.07) is 18.0. The van der Waals surface area contributed by atoms with E-state index in [1.54, 1.807) is 0 Å². The normalized spacial score (nSPS) is 22.5. The predicted octanol–water partition coefficient (Wildman–Crippen LogP) is 1.14. The first-order valence-electron chi connectivity index (χ1n) is 23.4. The van der Waals surface area contributed by atoms with E-state index in [1.807, 2.05) is 0 Å². The number of hydrogen-bond donors (Lipinski definition) is 4. The van der Waals surface area contributed by atoms with Gasteiger partial charge in [-0.25, -0.2) is 0 Å². The zero-order chi connectivity index (χ0) is 42.8. The third-order valence-corrected chi connectivity index (χ3v) is 11.0. The highest BCUT2D eigenvalue weighted by Crippen LogP contribution is 2.19. The fraction of sp³-hybridized carbons (Fsp3) is 0.739. The van der Waals surface area contributed by atoms with Gasteiger partial charge in [0.2, 0.25) is 0 Å². The van der Waals surface area contributed by atoms with Crippen molar-refractivity contribution in [3.05, 3.63) is 59.7 Å². The van der Waals surface area contributed by atoms with E-state index in [0.29, 0.717) is 106 Å². The van der Waals surface area contributed by atoms with E-state index in [0.717, 1.165) is 118 Å². The molecule has 0 amide bonds. The summed E-state index contributed by atoms with van der Waals surface area (Å²) in [7, 11) is 0. The van der Waals surface area contributed by atoms with E-state index in [-0.39, 0.29) is 0 Å². The Hall–Kier alpha value is -2.52. The molecule has 4 N–H and O–H groups in total. The molecule has 3 fully saturated rings. The van der Waals surface area contributed by atoms with Crippen LogP contribution in [0.4, 0.5) is 11.4 Å². The van der Waals surface area contributed by atoms with Crippen LogP contribution in [0, 0.1) is 0 Å². The molecule has 2 aromatic carbocycles. The van der Waals surface area contributed by atoms with E-state index in [1.165, 1.54) is 22.5 Å². The molecule has 0 unspecified atom stereocenters. The van der Waals surface area contributed by atoms with Gasteiger partial charge in [0.1, 0.15) is 0 Å². The SMILES string of the molecule is c1cc(CN2CCNCCN(Cc3cccc(N4CCOCCOCCNCCOCCOCC4)c3)CCNCC2)cc(N2CCOCCOCCNCCOCCOCC2)c1. The molecule has 0 saturated carbocycles. The molecule has 3 aliphatic rings. The number of benzene rings is 2. The molecule has 16 heteroatoms. The Kier molecular flexibility index (Phi) is 27.6. The first-order chi connectivity index (χ1) is 30.8. The second kappa shape index (κ2) is 33.9. The van der Waals surface area contributed by atoms with Gasteiger partial charge >= 0.3 is 0 Å². The van der Waals surface area contributed by atoms with Crippen molar-refractivity contribution in [3.8, 4) is 0 Å². The lowest BCUT2D eigenvalue weighted by Gasteiger charge is -2.28. The Morgan fingerprint density at radius 1 is 0.323 bits per heavy atom. The fourth-order valence-corrected chi connectivity index (χ4v) is 7.51. The maximum Gasteiger partial charge on any atom is 0.0701 e. The lowest BCUT2D eigenvalue weighted by Crippen LogP contribution is -2.42. The van der Waals surface area contributed by atoms with Crippen molar-refractivity contribution in [2.24, 2.45) is 0 Å². The Morgan fingerprint density at radius 2 is 0.613 bits per heavy atom. The highest BCUT2D eigenvalue weighted by Gasteiger charge is 2.14. The van der Waals surface area contributed by atoms with Crippen LogP contribution in [0.1, 0.15) is 11.1 Å². The van der Waals surface area contributed by atoms with Gasteiger partial charge in [0, 0.05) is 129 Å². The average Bonchev–Trinajstić information content (AvgIpc) is 3.28. The predicted molar refractivity (Wildman–Crippen MR) is 246 cm³/mol. The van der Waals surface area contributed by atoms with Crippen molar-refractivity contribution in [1.29, 1.82) is 0 Å². The number of nitrogens with zero attached hydrogens (tertiary/aromatic N) is 4. The van der Waals surface area contributed by atoms with Gasteiger partial charge in [0.25, 0.3) is 0 Å². The highest BCUT2D eigenvalue weighted by atomic mass is 16.5. The maximum absolute atomic E-state index is 5.96. The van der Waals surface area contributed by atoms with Gasteiger partial charge in [-0.3, -0.25) is 9.80 Å². The first-order valence-corrected chi connectivity index (χ1v) is 23.4. The van der Waals surface area contributed by atoms with E-state index < -0.39 is 0 Å².